The largest absolute Gasteiger partial charge is 0.371 e. The number of nitrogens with two attached hydrogens (primary N) is 2. The third-order valence-electron chi connectivity index (χ3n) is 3.74. The summed E-state index contributed by atoms with van der Waals surface area (Å²) < 4.78 is 1.06. The fraction of sp³-hybridized carbons (Fsp3) is 0.500. The van der Waals surface area contributed by atoms with Crippen LogP contribution in [-0.2, 0) is 4.79 Å². The zero-order valence-electron chi connectivity index (χ0n) is 11.1. The van der Waals surface area contributed by atoms with Crippen molar-refractivity contribution < 1.29 is 4.79 Å². The molecule has 1 aromatic carbocycles. The minimum absolute atomic E-state index is 0.0263. The predicted molar refractivity (Wildman–Crippen MR) is 80.9 cm³/mol. The first-order valence-corrected chi connectivity index (χ1v) is 7.37. The molecule has 4 N–H and O–H groups in total. The number of carbonyl (C=O) groups excluding carboxylic acids is 1. The fourth-order valence-electron chi connectivity index (χ4n) is 2.47. The Morgan fingerprint density at radius 3 is 2.53 bits per heavy atom. The van der Waals surface area contributed by atoms with Crippen LogP contribution in [0.1, 0.15) is 31.4 Å². The van der Waals surface area contributed by atoms with Crippen LogP contribution in [0.15, 0.2) is 22.7 Å². The van der Waals surface area contributed by atoms with Gasteiger partial charge in [0.2, 0.25) is 5.91 Å². The summed E-state index contributed by atoms with van der Waals surface area (Å²) in [6.07, 6.45) is 1.66. The average Bonchev–Trinajstić information content (AvgIpc) is 2.38. The number of hydrogen-bond donors (Lipinski definition) is 2. The lowest BCUT2D eigenvalue weighted by molar-refractivity contribution is -0.122. The first-order valence-electron chi connectivity index (χ1n) is 6.58. The van der Waals surface area contributed by atoms with Gasteiger partial charge in [-0.2, -0.15) is 0 Å². The number of amides is 1. The van der Waals surface area contributed by atoms with Crippen LogP contribution >= 0.6 is 15.9 Å². The minimum atomic E-state index is -0.175. The average molecular weight is 326 g/mol. The van der Waals surface area contributed by atoms with Gasteiger partial charge in [0.15, 0.2) is 0 Å². The number of halogens is 1. The molecule has 0 unspecified atom stereocenters. The highest BCUT2D eigenvalue weighted by molar-refractivity contribution is 9.10. The first-order chi connectivity index (χ1) is 8.99. The lowest BCUT2D eigenvalue weighted by Crippen LogP contribution is -2.38. The van der Waals surface area contributed by atoms with E-state index in [4.69, 9.17) is 11.5 Å². The molecule has 104 valence electrons. The van der Waals surface area contributed by atoms with E-state index in [9.17, 15) is 4.79 Å². The SMILES string of the molecule is C[C@H](N)c1ccc(N2CCC(C(N)=O)CC2)c(Br)c1. The molecule has 0 radical (unpaired) electrons. The van der Waals surface area contributed by atoms with Gasteiger partial charge in [-0.3, -0.25) is 4.79 Å². The van der Waals surface area contributed by atoms with E-state index in [0.717, 1.165) is 41.7 Å². The molecule has 4 nitrogen and oxygen atoms in total. The van der Waals surface area contributed by atoms with E-state index in [1.165, 1.54) is 0 Å². The van der Waals surface area contributed by atoms with E-state index in [1.54, 1.807) is 0 Å². The standard InChI is InChI=1S/C14H20BrN3O/c1-9(16)11-2-3-13(12(15)8-11)18-6-4-10(5-7-18)14(17)19/h2-3,8-10H,4-7,16H2,1H3,(H2,17,19)/t9-/m0/s1. The summed E-state index contributed by atoms with van der Waals surface area (Å²) in [7, 11) is 0. The van der Waals surface area contributed by atoms with Gasteiger partial charge in [0.1, 0.15) is 0 Å². The van der Waals surface area contributed by atoms with Crippen molar-refractivity contribution in [2.24, 2.45) is 17.4 Å². The van der Waals surface area contributed by atoms with Gasteiger partial charge in [-0.25, -0.2) is 0 Å². The molecule has 1 aromatic rings. The number of hydrogen-bond acceptors (Lipinski definition) is 3. The molecule has 1 aliphatic rings. The van der Waals surface area contributed by atoms with Gasteiger partial charge >= 0.3 is 0 Å². The zero-order valence-corrected chi connectivity index (χ0v) is 12.7. The minimum Gasteiger partial charge on any atom is -0.371 e. The van der Waals surface area contributed by atoms with E-state index in [2.05, 4.69) is 39.0 Å². The van der Waals surface area contributed by atoms with Crippen molar-refractivity contribution in [3.63, 3.8) is 0 Å². The maximum absolute atomic E-state index is 11.2. The second kappa shape index (κ2) is 5.92. The van der Waals surface area contributed by atoms with E-state index in [1.807, 2.05) is 6.92 Å². The Morgan fingerprint density at radius 2 is 2.05 bits per heavy atom. The summed E-state index contributed by atoms with van der Waals surface area (Å²) in [5.41, 5.74) is 13.5. The van der Waals surface area contributed by atoms with Crippen molar-refractivity contribution >= 4 is 27.5 Å². The molecular formula is C14H20BrN3O. The van der Waals surface area contributed by atoms with Crippen LogP contribution in [0.5, 0.6) is 0 Å². The van der Waals surface area contributed by atoms with Crippen molar-refractivity contribution in [1.82, 2.24) is 0 Å². The van der Waals surface area contributed by atoms with Crippen molar-refractivity contribution in [3.8, 4) is 0 Å². The summed E-state index contributed by atoms with van der Waals surface area (Å²) in [5.74, 6) is -0.149. The van der Waals surface area contributed by atoms with Crippen LogP contribution < -0.4 is 16.4 Å². The van der Waals surface area contributed by atoms with Crippen molar-refractivity contribution in [2.75, 3.05) is 18.0 Å². The van der Waals surface area contributed by atoms with E-state index in [0.29, 0.717) is 0 Å². The van der Waals surface area contributed by atoms with Gasteiger partial charge in [-0.15, -0.1) is 0 Å². The highest BCUT2D eigenvalue weighted by atomic mass is 79.9. The molecule has 1 fully saturated rings. The van der Waals surface area contributed by atoms with Crippen molar-refractivity contribution in [3.05, 3.63) is 28.2 Å². The van der Waals surface area contributed by atoms with Crippen LogP contribution in [0.3, 0.4) is 0 Å². The molecule has 0 aliphatic carbocycles. The summed E-state index contributed by atoms with van der Waals surface area (Å²) in [6, 6.07) is 6.25. The van der Waals surface area contributed by atoms with Crippen LogP contribution in [0.25, 0.3) is 0 Å². The van der Waals surface area contributed by atoms with Crippen molar-refractivity contribution in [1.29, 1.82) is 0 Å². The number of primary amides is 1. The van der Waals surface area contributed by atoms with Crippen LogP contribution in [0.4, 0.5) is 5.69 Å². The maximum Gasteiger partial charge on any atom is 0.220 e. The third kappa shape index (κ3) is 3.28. The normalized spacial score (nSPS) is 18.4. The summed E-state index contributed by atoms with van der Waals surface area (Å²) in [4.78, 5) is 13.5. The summed E-state index contributed by atoms with van der Waals surface area (Å²) in [5, 5.41) is 0. The Hall–Kier alpha value is -1.07. The fourth-order valence-corrected chi connectivity index (χ4v) is 3.12. The van der Waals surface area contributed by atoms with Crippen LogP contribution in [-0.4, -0.2) is 19.0 Å². The van der Waals surface area contributed by atoms with Crippen molar-refractivity contribution in [2.45, 2.75) is 25.8 Å². The summed E-state index contributed by atoms with van der Waals surface area (Å²) in [6.45, 7) is 3.70. The van der Waals surface area contributed by atoms with E-state index in [-0.39, 0.29) is 17.9 Å². The van der Waals surface area contributed by atoms with Gasteiger partial charge in [0.25, 0.3) is 0 Å². The van der Waals surface area contributed by atoms with Gasteiger partial charge in [-0.05, 0) is 53.4 Å². The maximum atomic E-state index is 11.2. The van der Waals surface area contributed by atoms with Gasteiger partial charge in [0.05, 0.1) is 5.69 Å². The van der Waals surface area contributed by atoms with Gasteiger partial charge in [0, 0.05) is 29.5 Å². The van der Waals surface area contributed by atoms with Crippen LogP contribution in [0.2, 0.25) is 0 Å². The molecule has 1 heterocycles. The number of piperidine rings is 1. The Labute approximate surface area is 122 Å². The number of benzene rings is 1. The molecule has 1 amide bonds. The second-order valence-electron chi connectivity index (χ2n) is 5.16. The molecule has 1 atom stereocenters. The Morgan fingerprint density at radius 1 is 1.42 bits per heavy atom. The number of nitrogens with zero attached hydrogens (tertiary/aromatic N) is 1. The highest BCUT2D eigenvalue weighted by Gasteiger charge is 2.24. The predicted octanol–water partition coefficient (Wildman–Crippen LogP) is 2.17. The molecule has 0 spiro atoms. The summed E-state index contributed by atoms with van der Waals surface area (Å²) >= 11 is 3.61. The Balaban J connectivity index is 2.09. The first kappa shape index (κ1) is 14.3. The topological polar surface area (TPSA) is 72.3 Å². The molecule has 19 heavy (non-hydrogen) atoms. The monoisotopic (exact) mass is 325 g/mol. The molecule has 0 bridgehead atoms. The Bertz CT molecular complexity index is 468. The Kier molecular flexibility index (Phi) is 4.47. The van der Waals surface area contributed by atoms with Gasteiger partial charge < -0.3 is 16.4 Å². The molecule has 1 saturated heterocycles. The molecule has 1 aliphatic heterocycles. The lowest BCUT2D eigenvalue weighted by Gasteiger charge is -2.33. The lowest BCUT2D eigenvalue weighted by atomic mass is 9.96. The van der Waals surface area contributed by atoms with Gasteiger partial charge in [-0.1, -0.05) is 6.07 Å². The molecule has 2 rings (SSSR count). The molecule has 0 saturated carbocycles. The highest BCUT2D eigenvalue weighted by Crippen LogP contribution is 2.31. The van der Waals surface area contributed by atoms with Crippen LogP contribution in [0, 0.1) is 5.92 Å². The molecular weight excluding hydrogens is 306 g/mol. The van der Waals surface area contributed by atoms with E-state index >= 15 is 0 Å². The zero-order chi connectivity index (χ0) is 14.0. The number of carbonyl (C=O) groups is 1. The third-order valence-corrected chi connectivity index (χ3v) is 4.37. The molecule has 0 aromatic heterocycles. The second-order valence-corrected chi connectivity index (χ2v) is 6.02. The van der Waals surface area contributed by atoms with E-state index < -0.39 is 0 Å². The quantitative estimate of drug-likeness (QED) is 0.894. The molecule has 5 heteroatoms. The smallest absolute Gasteiger partial charge is 0.220 e. The number of anilines is 1. The number of rotatable bonds is 3.